The van der Waals surface area contributed by atoms with E-state index in [-0.39, 0.29) is 30.0 Å². The maximum Gasteiger partial charge on any atom is 0.193 e. The molecule has 0 aliphatic heterocycles. The average molecular weight is 407 g/mol. The minimum Gasteiger partial charge on any atom is -0.355 e. The summed E-state index contributed by atoms with van der Waals surface area (Å²) in [6, 6.07) is 14.2. The van der Waals surface area contributed by atoms with Crippen molar-refractivity contribution in [2.24, 2.45) is 0 Å². The van der Waals surface area contributed by atoms with Gasteiger partial charge in [0.05, 0.1) is 18.3 Å². The van der Waals surface area contributed by atoms with Gasteiger partial charge in [-0.25, -0.2) is 4.39 Å². The smallest absolute Gasteiger partial charge is 0.193 e. The summed E-state index contributed by atoms with van der Waals surface area (Å²) >= 11 is 0. The second-order valence-electron chi connectivity index (χ2n) is 7.57. The fourth-order valence-electron chi connectivity index (χ4n) is 3.90. The van der Waals surface area contributed by atoms with Crippen LogP contribution in [0.4, 0.5) is 4.39 Å². The number of halogens is 1. The van der Waals surface area contributed by atoms with E-state index < -0.39 is 0 Å². The van der Waals surface area contributed by atoms with Gasteiger partial charge in [-0.3, -0.25) is 14.9 Å². The van der Waals surface area contributed by atoms with Crippen molar-refractivity contribution in [3.8, 4) is 0 Å². The zero-order chi connectivity index (χ0) is 21.8. The predicted molar refractivity (Wildman–Crippen MR) is 117 cm³/mol. The third-order valence-corrected chi connectivity index (χ3v) is 5.44. The van der Waals surface area contributed by atoms with Crippen molar-refractivity contribution in [3.05, 3.63) is 93.6 Å². The molecule has 1 aromatic heterocycles. The molecular weight excluding hydrogens is 379 g/mol. The average Bonchev–Trinajstić information content (AvgIpc) is 3.02. The lowest BCUT2D eigenvalue weighted by molar-refractivity contribution is 0.0983. The fraction of sp³-hybridized carbons (Fsp3) is 0.280. The van der Waals surface area contributed by atoms with Crippen LogP contribution in [0.2, 0.25) is 0 Å². The zero-order valence-electron chi connectivity index (χ0n) is 17.8. The van der Waals surface area contributed by atoms with E-state index in [1.165, 1.54) is 24.6 Å². The first-order chi connectivity index (χ1) is 14.3. The Morgan fingerprint density at radius 3 is 2.33 bits per heavy atom. The number of carbonyl (C=O) groups excluding carboxylic acids is 2. The Labute approximate surface area is 176 Å². The largest absolute Gasteiger partial charge is 0.355 e. The minimum absolute atomic E-state index is 0.0504. The number of rotatable bonds is 8. The number of hydrogen-bond donors (Lipinski definition) is 2. The van der Waals surface area contributed by atoms with Crippen LogP contribution in [0.15, 0.2) is 48.5 Å². The third kappa shape index (κ3) is 4.57. The number of nitrogens with one attached hydrogen (secondary N) is 2. The first kappa shape index (κ1) is 21.7. The van der Waals surface area contributed by atoms with Crippen LogP contribution in [0.1, 0.15) is 68.7 Å². The molecular formula is C25H27FN2O2. The molecule has 0 unspecified atom stereocenters. The highest BCUT2D eigenvalue weighted by molar-refractivity contribution is 6.03. The maximum atomic E-state index is 13.9. The topological polar surface area (TPSA) is 62.0 Å². The predicted octanol–water partition coefficient (Wildman–Crippen LogP) is 5.10. The van der Waals surface area contributed by atoms with E-state index in [0.29, 0.717) is 22.5 Å². The van der Waals surface area contributed by atoms with Crippen molar-refractivity contribution in [1.82, 2.24) is 10.3 Å². The summed E-state index contributed by atoms with van der Waals surface area (Å²) in [5, 5.41) is 3.28. The van der Waals surface area contributed by atoms with Gasteiger partial charge in [0.1, 0.15) is 5.82 Å². The van der Waals surface area contributed by atoms with Crippen molar-refractivity contribution >= 4 is 11.6 Å². The molecule has 0 aliphatic rings. The van der Waals surface area contributed by atoms with Crippen LogP contribution in [0.3, 0.4) is 0 Å². The van der Waals surface area contributed by atoms with E-state index in [9.17, 15) is 14.0 Å². The van der Waals surface area contributed by atoms with Gasteiger partial charge in [0.2, 0.25) is 0 Å². The Morgan fingerprint density at radius 2 is 1.77 bits per heavy atom. The highest BCUT2D eigenvalue weighted by Crippen LogP contribution is 2.24. The lowest BCUT2D eigenvalue weighted by Gasteiger charge is -2.20. The Kier molecular flexibility index (Phi) is 6.63. The summed E-state index contributed by atoms with van der Waals surface area (Å²) in [5.74, 6) is -0.533. The molecule has 156 valence electrons. The zero-order valence-corrected chi connectivity index (χ0v) is 17.8. The van der Waals surface area contributed by atoms with Gasteiger partial charge in [0.25, 0.3) is 0 Å². The molecule has 0 saturated heterocycles. The standard InChI is InChI=1S/C25H27FN2O2/c1-5-18-9-11-19(12-10-18)25(20-7-6-8-21(26)13-20)27-14-22(30)24-15(2)23(17(4)29)16(3)28-24/h6-13,25,27-28H,5,14H2,1-4H3/t25-/m1/s1. The summed E-state index contributed by atoms with van der Waals surface area (Å²) in [7, 11) is 0. The van der Waals surface area contributed by atoms with Gasteiger partial charge in [-0.1, -0.05) is 43.3 Å². The Morgan fingerprint density at radius 1 is 1.07 bits per heavy atom. The molecule has 0 radical (unpaired) electrons. The molecule has 0 aliphatic carbocycles. The van der Waals surface area contributed by atoms with Crippen molar-refractivity contribution in [2.75, 3.05) is 6.54 Å². The van der Waals surface area contributed by atoms with Crippen LogP contribution in [0.5, 0.6) is 0 Å². The third-order valence-electron chi connectivity index (χ3n) is 5.44. The van der Waals surface area contributed by atoms with Crippen molar-refractivity contribution in [2.45, 2.75) is 40.2 Å². The number of carbonyl (C=O) groups is 2. The van der Waals surface area contributed by atoms with Crippen LogP contribution in [0.25, 0.3) is 0 Å². The molecule has 0 fully saturated rings. The summed E-state index contributed by atoms with van der Waals surface area (Å²) in [6.07, 6.45) is 0.931. The molecule has 30 heavy (non-hydrogen) atoms. The van der Waals surface area contributed by atoms with E-state index in [1.807, 2.05) is 30.3 Å². The molecule has 2 aromatic carbocycles. The molecule has 2 N–H and O–H groups in total. The van der Waals surface area contributed by atoms with E-state index in [4.69, 9.17) is 0 Å². The van der Waals surface area contributed by atoms with E-state index in [1.54, 1.807) is 19.9 Å². The fourth-order valence-corrected chi connectivity index (χ4v) is 3.90. The summed E-state index contributed by atoms with van der Waals surface area (Å²) < 4.78 is 13.9. The summed E-state index contributed by atoms with van der Waals surface area (Å²) in [6.45, 7) is 7.20. The van der Waals surface area contributed by atoms with Crippen molar-refractivity contribution in [3.63, 3.8) is 0 Å². The van der Waals surface area contributed by atoms with Crippen LogP contribution in [-0.2, 0) is 6.42 Å². The molecule has 5 heteroatoms. The van der Waals surface area contributed by atoms with Gasteiger partial charge < -0.3 is 4.98 Å². The SMILES string of the molecule is CCc1ccc([C@@H](NCC(=O)c2[nH]c(C)c(C(C)=O)c2C)c2cccc(F)c2)cc1. The van der Waals surface area contributed by atoms with E-state index in [2.05, 4.69) is 17.2 Å². The second kappa shape index (κ2) is 9.18. The Bertz CT molecular complexity index is 1070. The second-order valence-corrected chi connectivity index (χ2v) is 7.57. The Hall–Kier alpha value is -3.05. The van der Waals surface area contributed by atoms with Gasteiger partial charge in [-0.05, 0) is 61.6 Å². The highest BCUT2D eigenvalue weighted by Gasteiger charge is 2.21. The molecule has 1 atom stereocenters. The quantitative estimate of drug-likeness (QED) is 0.512. The molecule has 0 amide bonds. The number of benzene rings is 2. The summed E-state index contributed by atoms with van der Waals surface area (Å²) in [5.41, 5.74) is 5.27. The molecule has 0 saturated carbocycles. The van der Waals surface area contributed by atoms with Gasteiger partial charge in [-0.2, -0.15) is 0 Å². The Balaban J connectivity index is 1.87. The number of hydrogen-bond acceptors (Lipinski definition) is 3. The monoisotopic (exact) mass is 406 g/mol. The van der Waals surface area contributed by atoms with Crippen molar-refractivity contribution < 1.29 is 14.0 Å². The number of aromatic nitrogens is 1. The van der Waals surface area contributed by atoms with Gasteiger partial charge in [0.15, 0.2) is 11.6 Å². The normalized spacial score (nSPS) is 12.0. The number of Topliss-reactive ketones (excluding diaryl/α,β-unsaturated/α-hetero) is 2. The highest BCUT2D eigenvalue weighted by atomic mass is 19.1. The number of H-pyrrole nitrogens is 1. The van der Waals surface area contributed by atoms with Gasteiger partial charge in [0, 0.05) is 11.3 Å². The number of aromatic amines is 1. The molecule has 4 nitrogen and oxygen atoms in total. The molecule has 3 rings (SSSR count). The maximum absolute atomic E-state index is 13.9. The van der Waals surface area contributed by atoms with Gasteiger partial charge in [-0.15, -0.1) is 0 Å². The number of ketones is 2. The minimum atomic E-state index is -0.334. The molecule has 1 heterocycles. The number of aryl methyl sites for hydroxylation is 2. The molecule has 0 bridgehead atoms. The first-order valence-corrected chi connectivity index (χ1v) is 10.1. The van der Waals surface area contributed by atoms with E-state index >= 15 is 0 Å². The molecule has 0 spiro atoms. The van der Waals surface area contributed by atoms with Crippen LogP contribution < -0.4 is 5.32 Å². The van der Waals surface area contributed by atoms with Gasteiger partial charge >= 0.3 is 0 Å². The summed E-state index contributed by atoms with van der Waals surface area (Å²) in [4.78, 5) is 27.8. The van der Waals surface area contributed by atoms with Crippen LogP contribution in [-0.4, -0.2) is 23.1 Å². The lowest BCUT2D eigenvalue weighted by Crippen LogP contribution is -2.29. The molecule has 3 aromatic rings. The van der Waals surface area contributed by atoms with E-state index in [0.717, 1.165) is 17.5 Å². The van der Waals surface area contributed by atoms with Crippen LogP contribution >= 0.6 is 0 Å². The first-order valence-electron chi connectivity index (χ1n) is 10.1. The van der Waals surface area contributed by atoms with Crippen LogP contribution in [0, 0.1) is 19.7 Å². The van der Waals surface area contributed by atoms with Crippen molar-refractivity contribution in [1.29, 1.82) is 0 Å². The lowest BCUT2D eigenvalue weighted by atomic mass is 9.96.